The fourth-order valence-corrected chi connectivity index (χ4v) is 4.81. The molecular weight excluding hydrogens is 394 g/mol. The molecule has 5 nitrogen and oxygen atoms in total. The van der Waals surface area contributed by atoms with Gasteiger partial charge in [-0.05, 0) is 56.7 Å². The third kappa shape index (κ3) is 5.63. The Balaban J connectivity index is 1.65. The Kier molecular flexibility index (Phi) is 8.19. The van der Waals surface area contributed by atoms with Crippen LogP contribution in [0.1, 0.15) is 42.5 Å². The highest BCUT2D eigenvalue weighted by Crippen LogP contribution is 2.27. The molecule has 0 aliphatic carbocycles. The maximum absolute atomic E-state index is 4.52. The third-order valence-corrected chi connectivity index (χ3v) is 6.97. The first-order valence-corrected chi connectivity index (χ1v) is 11.9. The lowest BCUT2D eigenvalue weighted by molar-refractivity contribution is 0.152. The van der Waals surface area contributed by atoms with Crippen molar-refractivity contribution in [2.24, 2.45) is 4.99 Å². The molecule has 3 rings (SSSR count). The number of aliphatic imine (C=N–C) groups is 1. The second-order valence-electron chi connectivity index (χ2n) is 9.11. The molecule has 0 bridgehead atoms. The molecule has 0 aromatic heterocycles. The maximum atomic E-state index is 4.52. The first kappa shape index (κ1) is 24.1. The van der Waals surface area contributed by atoms with E-state index in [-0.39, 0.29) is 0 Å². The van der Waals surface area contributed by atoms with Crippen LogP contribution in [0.5, 0.6) is 0 Å². The van der Waals surface area contributed by atoms with Crippen molar-refractivity contribution in [2.75, 3.05) is 52.4 Å². The number of hydrogen-bond donors (Lipinski definition) is 0. The third-order valence-electron chi connectivity index (χ3n) is 6.97. The average molecular weight is 436 g/mol. The van der Waals surface area contributed by atoms with Crippen LogP contribution in [-0.4, -0.2) is 78.7 Å². The highest BCUT2D eigenvalue weighted by atomic mass is 15.3. The SMILES string of the molecule is C=NC(=C)N1CCN(Cc2cc(C(=C)N3CCN(/C(C)=C/CC)CC3)c(C)cc2C)CC1. The van der Waals surface area contributed by atoms with E-state index in [1.807, 2.05) is 0 Å². The smallest absolute Gasteiger partial charge is 0.120 e. The molecule has 2 heterocycles. The molecule has 2 aliphatic heterocycles. The highest BCUT2D eigenvalue weighted by Gasteiger charge is 2.22. The van der Waals surface area contributed by atoms with Gasteiger partial charge in [0.15, 0.2) is 0 Å². The van der Waals surface area contributed by atoms with Crippen LogP contribution in [-0.2, 0) is 6.54 Å². The van der Waals surface area contributed by atoms with Gasteiger partial charge in [-0.15, -0.1) is 0 Å². The molecule has 174 valence electrons. The van der Waals surface area contributed by atoms with E-state index in [1.54, 1.807) is 0 Å². The molecule has 0 radical (unpaired) electrons. The summed E-state index contributed by atoms with van der Waals surface area (Å²) < 4.78 is 0. The van der Waals surface area contributed by atoms with Crippen molar-refractivity contribution in [2.45, 2.75) is 40.7 Å². The van der Waals surface area contributed by atoms with Crippen LogP contribution in [0, 0.1) is 13.8 Å². The van der Waals surface area contributed by atoms with Crippen LogP contribution in [0.15, 0.2) is 47.9 Å². The minimum atomic E-state index is 0.787. The Morgan fingerprint density at radius 3 is 2.09 bits per heavy atom. The van der Waals surface area contributed by atoms with E-state index in [0.29, 0.717) is 0 Å². The van der Waals surface area contributed by atoms with Gasteiger partial charge < -0.3 is 14.7 Å². The Hall–Kier alpha value is -2.53. The molecule has 2 saturated heterocycles. The molecule has 1 aromatic carbocycles. The van der Waals surface area contributed by atoms with E-state index in [2.05, 4.69) is 90.4 Å². The van der Waals surface area contributed by atoms with Crippen LogP contribution >= 0.6 is 0 Å². The lowest BCUT2D eigenvalue weighted by Gasteiger charge is -2.39. The predicted octanol–water partition coefficient (Wildman–Crippen LogP) is 4.49. The molecule has 2 fully saturated rings. The summed E-state index contributed by atoms with van der Waals surface area (Å²) in [6, 6.07) is 4.72. The molecule has 0 saturated carbocycles. The second-order valence-corrected chi connectivity index (χ2v) is 9.11. The zero-order valence-corrected chi connectivity index (χ0v) is 20.7. The van der Waals surface area contributed by atoms with Crippen molar-refractivity contribution in [3.05, 3.63) is 65.1 Å². The maximum Gasteiger partial charge on any atom is 0.120 e. The van der Waals surface area contributed by atoms with E-state index in [0.717, 1.165) is 71.1 Å². The summed E-state index contributed by atoms with van der Waals surface area (Å²) in [7, 11) is 0. The predicted molar refractivity (Wildman–Crippen MR) is 138 cm³/mol. The minimum absolute atomic E-state index is 0.787. The monoisotopic (exact) mass is 435 g/mol. The van der Waals surface area contributed by atoms with Gasteiger partial charge in [-0.1, -0.05) is 32.2 Å². The standard InChI is InChI=1S/C27H41N5/c1-8-9-23(4)30-14-16-31(17-15-30)24(5)27-19-26(21(2)18-22(27)3)20-29-10-12-32(13-11-29)25(6)28-7/h9,18-19H,5-8,10-17,20H2,1-4H3/b23-9+. The molecule has 0 N–H and O–H groups in total. The zero-order chi connectivity index (χ0) is 23.3. The van der Waals surface area contributed by atoms with E-state index in [9.17, 15) is 0 Å². The Bertz CT molecular complexity index is 868. The molecule has 1 aromatic rings. The molecule has 5 heteroatoms. The summed E-state index contributed by atoms with van der Waals surface area (Å²) in [5.74, 6) is 0.787. The number of rotatable bonds is 8. The molecule has 0 amide bonds. The van der Waals surface area contributed by atoms with Crippen LogP contribution in [0.3, 0.4) is 0 Å². The van der Waals surface area contributed by atoms with Gasteiger partial charge in [0.25, 0.3) is 0 Å². The number of aryl methyl sites for hydroxylation is 2. The van der Waals surface area contributed by atoms with Gasteiger partial charge in [0.05, 0.1) is 0 Å². The topological polar surface area (TPSA) is 25.3 Å². The fraction of sp³-hybridized carbons (Fsp3) is 0.519. The van der Waals surface area contributed by atoms with Crippen molar-refractivity contribution in [1.29, 1.82) is 0 Å². The van der Waals surface area contributed by atoms with E-state index in [1.165, 1.54) is 33.6 Å². The van der Waals surface area contributed by atoms with Crippen molar-refractivity contribution in [1.82, 2.24) is 19.6 Å². The van der Waals surface area contributed by atoms with Crippen molar-refractivity contribution < 1.29 is 0 Å². The quantitative estimate of drug-likeness (QED) is 0.562. The Morgan fingerprint density at radius 2 is 1.50 bits per heavy atom. The molecule has 0 atom stereocenters. The molecule has 0 unspecified atom stereocenters. The zero-order valence-electron chi connectivity index (χ0n) is 20.7. The van der Waals surface area contributed by atoms with Crippen molar-refractivity contribution >= 4 is 12.4 Å². The Labute approximate surface area is 195 Å². The van der Waals surface area contributed by atoms with Crippen LogP contribution < -0.4 is 0 Å². The summed E-state index contributed by atoms with van der Waals surface area (Å²) >= 11 is 0. The van der Waals surface area contributed by atoms with Crippen molar-refractivity contribution in [3.8, 4) is 0 Å². The lowest BCUT2D eigenvalue weighted by Crippen LogP contribution is -2.45. The first-order chi connectivity index (χ1) is 15.3. The average Bonchev–Trinajstić information content (AvgIpc) is 2.80. The molecule has 32 heavy (non-hydrogen) atoms. The van der Waals surface area contributed by atoms with Gasteiger partial charge in [0.1, 0.15) is 5.82 Å². The van der Waals surface area contributed by atoms with Crippen LogP contribution in [0.4, 0.5) is 0 Å². The van der Waals surface area contributed by atoms with E-state index >= 15 is 0 Å². The van der Waals surface area contributed by atoms with Gasteiger partial charge in [-0.2, -0.15) is 0 Å². The normalized spacial score (nSPS) is 18.1. The number of benzene rings is 1. The van der Waals surface area contributed by atoms with E-state index < -0.39 is 0 Å². The van der Waals surface area contributed by atoms with Crippen LogP contribution in [0.25, 0.3) is 5.70 Å². The molecule has 2 aliphatic rings. The number of nitrogens with zero attached hydrogens (tertiary/aromatic N) is 5. The van der Waals surface area contributed by atoms with Crippen molar-refractivity contribution in [3.63, 3.8) is 0 Å². The molecule has 0 spiro atoms. The Morgan fingerprint density at radius 1 is 0.906 bits per heavy atom. The van der Waals surface area contributed by atoms with Gasteiger partial charge in [0.2, 0.25) is 0 Å². The van der Waals surface area contributed by atoms with Gasteiger partial charge in [-0.3, -0.25) is 4.90 Å². The number of piperazine rings is 2. The largest absolute Gasteiger partial charge is 0.372 e. The highest BCUT2D eigenvalue weighted by molar-refractivity contribution is 5.66. The molecular formula is C27H41N5. The number of allylic oxidation sites excluding steroid dienone is 2. The summed E-state index contributed by atoms with van der Waals surface area (Å²) in [5.41, 5.74) is 7.95. The summed E-state index contributed by atoms with van der Waals surface area (Å²) in [6.45, 7) is 30.1. The van der Waals surface area contributed by atoms with Gasteiger partial charge in [0, 0.05) is 75.9 Å². The minimum Gasteiger partial charge on any atom is -0.372 e. The summed E-state index contributed by atoms with van der Waals surface area (Å²) in [5, 5.41) is 0. The van der Waals surface area contributed by atoms with Gasteiger partial charge >= 0.3 is 0 Å². The first-order valence-electron chi connectivity index (χ1n) is 11.9. The van der Waals surface area contributed by atoms with E-state index in [4.69, 9.17) is 0 Å². The fourth-order valence-electron chi connectivity index (χ4n) is 4.81. The number of hydrogen-bond acceptors (Lipinski definition) is 5. The lowest BCUT2D eigenvalue weighted by atomic mass is 9.97. The van der Waals surface area contributed by atoms with Gasteiger partial charge in [-0.25, -0.2) is 4.99 Å². The summed E-state index contributed by atoms with van der Waals surface area (Å²) in [6.07, 6.45) is 3.42. The second kappa shape index (κ2) is 10.9. The summed E-state index contributed by atoms with van der Waals surface area (Å²) in [4.78, 5) is 13.7. The van der Waals surface area contributed by atoms with Crippen LogP contribution in [0.2, 0.25) is 0 Å².